The molecule has 2 heteroatoms. The zero-order valence-electron chi connectivity index (χ0n) is 6.00. The Bertz CT molecular complexity index is 92.9. The SMILES string of the molecule is CC1CCC(O)C(C)O1. The number of hydrogen-bond acceptors (Lipinski definition) is 2. The first-order chi connectivity index (χ1) is 4.20. The highest BCUT2D eigenvalue weighted by Crippen LogP contribution is 2.18. The Morgan fingerprint density at radius 1 is 1.33 bits per heavy atom. The van der Waals surface area contributed by atoms with Crippen LogP contribution in [0.2, 0.25) is 0 Å². The Labute approximate surface area is 55.8 Å². The van der Waals surface area contributed by atoms with E-state index in [4.69, 9.17) is 4.74 Å². The molecule has 0 amide bonds. The quantitative estimate of drug-likeness (QED) is 0.528. The summed E-state index contributed by atoms with van der Waals surface area (Å²) in [6, 6.07) is 0. The highest BCUT2D eigenvalue weighted by Gasteiger charge is 2.23. The van der Waals surface area contributed by atoms with Crippen LogP contribution < -0.4 is 0 Å². The summed E-state index contributed by atoms with van der Waals surface area (Å²) in [7, 11) is 0. The van der Waals surface area contributed by atoms with Gasteiger partial charge in [0.2, 0.25) is 0 Å². The summed E-state index contributed by atoms with van der Waals surface area (Å²) in [5, 5.41) is 9.17. The van der Waals surface area contributed by atoms with Crippen LogP contribution in [0.4, 0.5) is 0 Å². The van der Waals surface area contributed by atoms with E-state index in [1.165, 1.54) is 0 Å². The molecule has 0 saturated carbocycles. The maximum Gasteiger partial charge on any atom is 0.0809 e. The van der Waals surface area contributed by atoms with Gasteiger partial charge in [-0.15, -0.1) is 0 Å². The lowest BCUT2D eigenvalue weighted by molar-refractivity contribution is -0.101. The second-order valence-electron chi connectivity index (χ2n) is 2.80. The Balaban J connectivity index is 2.35. The minimum absolute atomic E-state index is 0.0359. The summed E-state index contributed by atoms with van der Waals surface area (Å²) in [5.41, 5.74) is 0. The van der Waals surface area contributed by atoms with Crippen molar-refractivity contribution in [2.45, 2.75) is 45.0 Å². The number of aliphatic hydroxyl groups is 1. The average molecular weight is 130 g/mol. The fraction of sp³-hybridized carbons (Fsp3) is 1.00. The fourth-order valence-corrected chi connectivity index (χ4v) is 1.17. The zero-order valence-corrected chi connectivity index (χ0v) is 6.00. The van der Waals surface area contributed by atoms with Gasteiger partial charge >= 0.3 is 0 Å². The summed E-state index contributed by atoms with van der Waals surface area (Å²) in [4.78, 5) is 0. The van der Waals surface area contributed by atoms with Crippen LogP contribution in [0, 0.1) is 0 Å². The number of rotatable bonds is 0. The minimum atomic E-state index is -0.235. The van der Waals surface area contributed by atoms with Crippen LogP contribution in [-0.4, -0.2) is 23.4 Å². The summed E-state index contributed by atoms with van der Waals surface area (Å²) in [6.07, 6.45) is 2.02. The lowest BCUT2D eigenvalue weighted by atomic mass is 10.0. The fourth-order valence-electron chi connectivity index (χ4n) is 1.17. The molecule has 0 aromatic carbocycles. The molecule has 3 atom stereocenters. The van der Waals surface area contributed by atoms with Crippen LogP contribution in [0.15, 0.2) is 0 Å². The second kappa shape index (κ2) is 2.67. The van der Waals surface area contributed by atoms with Gasteiger partial charge < -0.3 is 9.84 Å². The predicted octanol–water partition coefficient (Wildman–Crippen LogP) is 0.935. The molecule has 1 rings (SSSR count). The molecule has 0 bridgehead atoms. The molecule has 1 heterocycles. The minimum Gasteiger partial charge on any atom is -0.390 e. The highest BCUT2D eigenvalue weighted by atomic mass is 16.5. The van der Waals surface area contributed by atoms with Gasteiger partial charge in [-0.1, -0.05) is 0 Å². The van der Waals surface area contributed by atoms with E-state index in [2.05, 4.69) is 0 Å². The monoisotopic (exact) mass is 130 g/mol. The van der Waals surface area contributed by atoms with Crippen molar-refractivity contribution in [3.63, 3.8) is 0 Å². The van der Waals surface area contributed by atoms with Gasteiger partial charge in [0.25, 0.3) is 0 Å². The standard InChI is InChI=1S/C7H14O2/c1-5-3-4-7(8)6(2)9-5/h5-8H,3-4H2,1-2H3. The van der Waals surface area contributed by atoms with Crippen LogP contribution in [-0.2, 0) is 4.74 Å². The van der Waals surface area contributed by atoms with Crippen LogP contribution in [0.3, 0.4) is 0 Å². The molecule has 0 aliphatic carbocycles. The number of hydrogen-bond donors (Lipinski definition) is 1. The molecule has 1 fully saturated rings. The molecule has 0 radical (unpaired) electrons. The number of ether oxygens (including phenoxy) is 1. The van der Waals surface area contributed by atoms with Crippen LogP contribution in [0.1, 0.15) is 26.7 Å². The van der Waals surface area contributed by atoms with E-state index in [0.717, 1.165) is 12.8 Å². The van der Waals surface area contributed by atoms with Gasteiger partial charge in [-0.2, -0.15) is 0 Å². The molecule has 0 aromatic heterocycles. The van der Waals surface area contributed by atoms with Gasteiger partial charge in [0.05, 0.1) is 18.3 Å². The lowest BCUT2D eigenvalue weighted by Crippen LogP contribution is -2.35. The topological polar surface area (TPSA) is 29.5 Å². The van der Waals surface area contributed by atoms with E-state index in [-0.39, 0.29) is 12.2 Å². The van der Waals surface area contributed by atoms with Crippen LogP contribution in [0.25, 0.3) is 0 Å². The molecule has 2 nitrogen and oxygen atoms in total. The van der Waals surface area contributed by atoms with E-state index < -0.39 is 0 Å². The molecule has 3 unspecified atom stereocenters. The molecule has 1 N–H and O–H groups in total. The Kier molecular flexibility index (Phi) is 2.09. The third-order valence-electron chi connectivity index (χ3n) is 1.86. The Morgan fingerprint density at radius 3 is 2.44 bits per heavy atom. The maximum absolute atomic E-state index is 9.17. The van der Waals surface area contributed by atoms with Crippen molar-refractivity contribution in [1.82, 2.24) is 0 Å². The van der Waals surface area contributed by atoms with Crippen molar-refractivity contribution in [2.75, 3.05) is 0 Å². The van der Waals surface area contributed by atoms with Crippen molar-refractivity contribution >= 4 is 0 Å². The maximum atomic E-state index is 9.17. The third kappa shape index (κ3) is 1.66. The summed E-state index contributed by atoms with van der Waals surface area (Å²) >= 11 is 0. The van der Waals surface area contributed by atoms with Gasteiger partial charge in [-0.05, 0) is 26.7 Å². The van der Waals surface area contributed by atoms with E-state index in [9.17, 15) is 5.11 Å². The molecule has 0 aromatic rings. The van der Waals surface area contributed by atoms with E-state index in [0.29, 0.717) is 6.10 Å². The molecule has 1 aliphatic heterocycles. The molecule has 0 spiro atoms. The molecule has 1 aliphatic rings. The first-order valence-corrected chi connectivity index (χ1v) is 3.53. The van der Waals surface area contributed by atoms with E-state index in [1.54, 1.807) is 0 Å². The lowest BCUT2D eigenvalue weighted by Gasteiger charge is -2.29. The van der Waals surface area contributed by atoms with Gasteiger partial charge in [0, 0.05) is 0 Å². The highest BCUT2D eigenvalue weighted by molar-refractivity contribution is 4.72. The second-order valence-corrected chi connectivity index (χ2v) is 2.80. The van der Waals surface area contributed by atoms with Crippen molar-refractivity contribution in [3.05, 3.63) is 0 Å². The van der Waals surface area contributed by atoms with Crippen molar-refractivity contribution < 1.29 is 9.84 Å². The first-order valence-electron chi connectivity index (χ1n) is 3.53. The van der Waals surface area contributed by atoms with Gasteiger partial charge in [-0.3, -0.25) is 0 Å². The van der Waals surface area contributed by atoms with E-state index >= 15 is 0 Å². The van der Waals surface area contributed by atoms with Crippen molar-refractivity contribution in [1.29, 1.82) is 0 Å². The molecular formula is C7H14O2. The van der Waals surface area contributed by atoms with Gasteiger partial charge in [0.1, 0.15) is 0 Å². The largest absolute Gasteiger partial charge is 0.390 e. The Hall–Kier alpha value is -0.0800. The first kappa shape index (κ1) is 7.03. The van der Waals surface area contributed by atoms with Crippen molar-refractivity contribution in [2.24, 2.45) is 0 Å². The Morgan fingerprint density at radius 2 is 2.00 bits per heavy atom. The summed E-state index contributed by atoms with van der Waals surface area (Å²) < 4.78 is 5.35. The molecule has 54 valence electrons. The smallest absolute Gasteiger partial charge is 0.0809 e. The average Bonchev–Trinajstić information content (AvgIpc) is 1.80. The summed E-state index contributed by atoms with van der Waals surface area (Å²) in [6.45, 7) is 3.96. The van der Waals surface area contributed by atoms with E-state index in [1.807, 2.05) is 13.8 Å². The number of aliphatic hydroxyl groups excluding tert-OH is 1. The zero-order chi connectivity index (χ0) is 6.85. The van der Waals surface area contributed by atoms with Crippen LogP contribution >= 0.6 is 0 Å². The van der Waals surface area contributed by atoms with Crippen LogP contribution in [0.5, 0.6) is 0 Å². The molecule has 9 heavy (non-hydrogen) atoms. The van der Waals surface area contributed by atoms with Crippen molar-refractivity contribution in [3.8, 4) is 0 Å². The normalized spacial score (nSPS) is 45.0. The molecule has 1 saturated heterocycles. The summed E-state index contributed by atoms with van der Waals surface area (Å²) in [5.74, 6) is 0. The van der Waals surface area contributed by atoms with Gasteiger partial charge in [-0.25, -0.2) is 0 Å². The predicted molar refractivity (Wildman–Crippen MR) is 35.2 cm³/mol. The molecular weight excluding hydrogens is 116 g/mol. The van der Waals surface area contributed by atoms with Gasteiger partial charge in [0.15, 0.2) is 0 Å². The third-order valence-corrected chi connectivity index (χ3v) is 1.86.